The summed E-state index contributed by atoms with van der Waals surface area (Å²) in [5.41, 5.74) is 0.923. The van der Waals surface area contributed by atoms with Crippen LogP contribution >= 0.6 is 23.1 Å². The van der Waals surface area contributed by atoms with Crippen LogP contribution in [0.2, 0.25) is 0 Å². The number of benzene rings is 1. The summed E-state index contributed by atoms with van der Waals surface area (Å²) in [5.74, 6) is 0.733. The molecule has 8 nitrogen and oxygen atoms in total. The van der Waals surface area contributed by atoms with Gasteiger partial charge < -0.3 is 19.4 Å². The van der Waals surface area contributed by atoms with Crippen LogP contribution in [0.15, 0.2) is 46.9 Å². The molecule has 0 saturated heterocycles. The Labute approximate surface area is 182 Å². The lowest BCUT2D eigenvalue weighted by molar-refractivity contribution is -0.145. The van der Waals surface area contributed by atoms with Crippen LogP contribution in [0.4, 0.5) is 0 Å². The number of amides is 1. The highest BCUT2D eigenvalue weighted by molar-refractivity contribution is 7.99. The fourth-order valence-electron chi connectivity index (χ4n) is 2.57. The lowest BCUT2D eigenvalue weighted by Crippen LogP contribution is -2.28. The second-order valence-electron chi connectivity index (χ2n) is 6.10. The van der Waals surface area contributed by atoms with Gasteiger partial charge in [0.05, 0.1) is 17.7 Å². The molecule has 0 bridgehead atoms. The molecule has 0 saturated carbocycles. The minimum atomic E-state index is -0.483. The first kappa shape index (κ1) is 21.8. The first-order valence-electron chi connectivity index (χ1n) is 9.25. The van der Waals surface area contributed by atoms with E-state index in [1.165, 1.54) is 11.8 Å². The standard InChI is InChI=1S/C20H22N4O4S2/c1-3-24-19(16-5-4-10-29-16)22-23-20(24)30-13-18(26)28-12-17(25)21-11-14-6-8-15(27-2)9-7-14/h4-10H,3,11-13H2,1-2H3,(H,21,25). The van der Waals surface area contributed by atoms with E-state index in [1.807, 2.05) is 53.3 Å². The van der Waals surface area contributed by atoms with E-state index in [1.54, 1.807) is 18.4 Å². The van der Waals surface area contributed by atoms with Crippen molar-refractivity contribution in [3.05, 3.63) is 47.3 Å². The number of methoxy groups -OCH3 is 1. The summed E-state index contributed by atoms with van der Waals surface area (Å²) < 4.78 is 12.1. The van der Waals surface area contributed by atoms with Gasteiger partial charge in [-0.2, -0.15) is 0 Å². The zero-order chi connectivity index (χ0) is 21.3. The Morgan fingerprint density at radius 2 is 2.00 bits per heavy atom. The molecule has 1 N–H and O–H groups in total. The van der Waals surface area contributed by atoms with Crippen LogP contribution in [0.5, 0.6) is 5.75 Å². The van der Waals surface area contributed by atoms with E-state index in [0.717, 1.165) is 22.0 Å². The third-order valence-electron chi connectivity index (χ3n) is 4.11. The largest absolute Gasteiger partial charge is 0.497 e. The van der Waals surface area contributed by atoms with Crippen molar-refractivity contribution in [3.63, 3.8) is 0 Å². The minimum absolute atomic E-state index is 0.0499. The maximum atomic E-state index is 12.0. The zero-order valence-corrected chi connectivity index (χ0v) is 18.3. The number of hydrogen-bond acceptors (Lipinski definition) is 8. The van der Waals surface area contributed by atoms with E-state index in [-0.39, 0.29) is 18.3 Å². The molecular weight excluding hydrogens is 424 g/mol. The van der Waals surface area contributed by atoms with E-state index in [0.29, 0.717) is 18.2 Å². The molecule has 2 aromatic heterocycles. The van der Waals surface area contributed by atoms with Crippen molar-refractivity contribution in [2.75, 3.05) is 19.5 Å². The van der Waals surface area contributed by atoms with Gasteiger partial charge >= 0.3 is 5.97 Å². The average Bonchev–Trinajstić information content (AvgIpc) is 3.44. The molecule has 2 heterocycles. The van der Waals surface area contributed by atoms with Gasteiger partial charge in [0.25, 0.3) is 5.91 Å². The molecule has 0 aliphatic carbocycles. The van der Waals surface area contributed by atoms with Gasteiger partial charge in [0.2, 0.25) is 0 Å². The fraction of sp³-hybridized carbons (Fsp3) is 0.300. The summed E-state index contributed by atoms with van der Waals surface area (Å²) in [4.78, 5) is 24.9. The fourth-order valence-corrected chi connectivity index (χ4v) is 4.09. The molecule has 0 unspecified atom stereocenters. The molecule has 158 valence electrons. The number of aromatic nitrogens is 3. The molecular formula is C20H22N4O4S2. The van der Waals surface area contributed by atoms with Gasteiger partial charge in [0, 0.05) is 13.1 Å². The summed E-state index contributed by atoms with van der Waals surface area (Å²) in [6.45, 7) is 2.71. The maximum absolute atomic E-state index is 12.0. The Hall–Kier alpha value is -2.85. The molecule has 10 heteroatoms. The van der Waals surface area contributed by atoms with Gasteiger partial charge in [-0.25, -0.2) is 0 Å². The summed E-state index contributed by atoms with van der Waals surface area (Å²) in [6, 6.07) is 11.3. The van der Waals surface area contributed by atoms with Crippen LogP contribution in [0, 0.1) is 0 Å². The number of thioether (sulfide) groups is 1. The number of carbonyl (C=O) groups excluding carboxylic acids is 2. The lowest BCUT2D eigenvalue weighted by Gasteiger charge is -2.08. The molecule has 0 fully saturated rings. The molecule has 3 aromatic rings. The minimum Gasteiger partial charge on any atom is -0.497 e. The SMILES string of the molecule is CCn1c(SCC(=O)OCC(=O)NCc2ccc(OC)cc2)nnc1-c1cccs1. The van der Waals surface area contributed by atoms with Crippen LogP contribution in [0.1, 0.15) is 12.5 Å². The van der Waals surface area contributed by atoms with Gasteiger partial charge in [0.1, 0.15) is 5.75 Å². The predicted octanol–water partition coefficient (Wildman–Crippen LogP) is 2.99. The number of esters is 1. The van der Waals surface area contributed by atoms with Gasteiger partial charge in [0.15, 0.2) is 17.6 Å². The Kier molecular flexibility index (Phi) is 7.86. The Balaban J connectivity index is 1.42. The molecule has 1 aromatic carbocycles. The third kappa shape index (κ3) is 5.83. The second kappa shape index (κ2) is 10.8. The first-order valence-corrected chi connectivity index (χ1v) is 11.1. The summed E-state index contributed by atoms with van der Waals surface area (Å²) in [7, 11) is 1.60. The molecule has 0 radical (unpaired) electrons. The van der Waals surface area contributed by atoms with Crippen LogP contribution < -0.4 is 10.1 Å². The zero-order valence-electron chi connectivity index (χ0n) is 16.7. The van der Waals surface area contributed by atoms with E-state index < -0.39 is 5.97 Å². The number of nitrogens with zero attached hydrogens (tertiary/aromatic N) is 3. The Morgan fingerprint density at radius 1 is 1.20 bits per heavy atom. The molecule has 0 atom stereocenters. The lowest BCUT2D eigenvalue weighted by atomic mass is 10.2. The summed E-state index contributed by atoms with van der Waals surface area (Å²) in [5, 5.41) is 13.7. The van der Waals surface area contributed by atoms with Crippen molar-refractivity contribution in [1.29, 1.82) is 0 Å². The van der Waals surface area contributed by atoms with Crippen LogP contribution in [0.25, 0.3) is 10.7 Å². The highest BCUT2D eigenvalue weighted by Crippen LogP contribution is 2.27. The van der Waals surface area contributed by atoms with Crippen molar-refractivity contribution in [3.8, 4) is 16.5 Å². The number of ether oxygens (including phenoxy) is 2. The van der Waals surface area contributed by atoms with Crippen LogP contribution in [-0.2, 0) is 27.4 Å². The summed E-state index contributed by atoms with van der Waals surface area (Å²) >= 11 is 2.82. The molecule has 0 aliphatic rings. The molecule has 1 amide bonds. The number of hydrogen-bond donors (Lipinski definition) is 1. The van der Waals surface area contributed by atoms with Crippen LogP contribution in [0.3, 0.4) is 0 Å². The van der Waals surface area contributed by atoms with E-state index in [2.05, 4.69) is 15.5 Å². The van der Waals surface area contributed by atoms with E-state index >= 15 is 0 Å². The highest BCUT2D eigenvalue weighted by Gasteiger charge is 2.16. The smallest absolute Gasteiger partial charge is 0.316 e. The van der Waals surface area contributed by atoms with Gasteiger partial charge in [-0.1, -0.05) is 30.0 Å². The Morgan fingerprint density at radius 3 is 2.67 bits per heavy atom. The van der Waals surface area contributed by atoms with Gasteiger partial charge in [-0.05, 0) is 36.1 Å². The third-order valence-corrected chi connectivity index (χ3v) is 5.91. The molecule has 0 spiro atoms. The highest BCUT2D eigenvalue weighted by atomic mass is 32.2. The van der Waals surface area contributed by atoms with Gasteiger partial charge in [-0.15, -0.1) is 21.5 Å². The number of nitrogens with one attached hydrogen (secondary N) is 1. The molecule has 0 aliphatic heterocycles. The van der Waals surface area contributed by atoms with E-state index in [4.69, 9.17) is 9.47 Å². The first-order chi connectivity index (χ1) is 14.6. The monoisotopic (exact) mass is 446 g/mol. The van der Waals surface area contributed by atoms with Crippen LogP contribution in [-0.4, -0.2) is 46.1 Å². The molecule has 3 rings (SSSR count). The second-order valence-corrected chi connectivity index (χ2v) is 7.99. The van der Waals surface area contributed by atoms with Crippen molar-refractivity contribution < 1.29 is 19.1 Å². The van der Waals surface area contributed by atoms with E-state index in [9.17, 15) is 9.59 Å². The molecule has 30 heavy (non-hydrogen) atoms. The topological polar surface area (TPSA) is 95.3 Å². The van der Waals surface area contributed by atoms with Gasteiger partial charge in [-0.3, -0.25) is 9.59 Å². The predicted molar refractivity (Wildman–Crippen MR) is 116 cm³/mol. The average molecular weight is 447 g/mol. The number of thiophene rings is 1. The van der Waals surface area contributed by atoms with Crippen molar-refractivity contribution in [2.24, 2.45) is 0 Å². The summed E-state index contributed by atoms with van der Waals surface area (Å²) in [6.07, 6.45) is 0. The van der Waals surface area contributed by atoms with Crippen molar-refractivity contribution >= 4 is 35.0 Å². The normalized spacial score (nSPS) is 10.6. The Bertz CT molecular complexity index is 971. The quantitative estimate of drug-likeness (QED) is 0.378. The maximum Gasteiger partial charge on any atom is 0.316 e. The number of carbonyl (C=O) groups is 2. The van der Waals surface area contributed by atoms with Crippen molar-refractivity contribution in [1.82, 2.24) is 20.1 Å². The number of rotatable bonds is 10. The van der Waals surface area contributed by atoms with Crippen molar-refractivity contribution in [2.45, 2.75) is 25.2 Å².